The van der Waals surface area contributed by atoms with Crippen LogP contribution < -0.4 is 0 Å². The van der Waals surface area contributed by atoms with Gasteiger partial charge in [0.05, 0.1) is 0 Å². The van der Waals surface area contributed by atoms with Crippen molar-refractivity contribution in [3.63, 3.8) is 0 Å². The van der Waals surface area contributed by atoms with Crippen LogP contribution in [0, 0.1) is 6.92 Å². The maximum atomic E-state index is 12.5. The number of H-pyrrole nitrogens is 1. The van der Waals surface area contributed by atoms with Crippen LogP contribution in [0.2, 0.25) is 0 Å². The summed E-state index contributed by atoms with van der Waals surface area (Å²) in [7, 11) is 0. The maximum absolute atomic E-state index is 12.5. The average Bonchev–Trinajstić information content (AvgIpc) is 2.80. The average molecular weight is 290 g/mol. The van der Waals surface area contributed by atoms with Gasteiger partial charge in [0.25, 0.3) is 5.91 Å². The van der Waals surface area contributed by atoms with Crippen molar-refractivity contribution < 1.29 is 4.79 Å². The number of rotatable bonds is 3. The molecule has 3 heterocycles. The highest BCUT2D eigenvalue weighted by Gasteiger charge is 2.38. The summed E-state index contributed by atoms with van der Waals surface area (Å²) in [6.45, 7) is 9.28. The number of hydrogen-bond acceptors (Lipinski definition) is 3. The number of aromatic nitrogens is 2. The van der Waals surface area contributed by atoms with Crippen LogP contribution in [0.4, 0.5) is 0 Å². The Balaban J connectivity index is 1.60. The molecule has 0 spiro atoms. The van der Waals surface area contributed by atoms with E-state index in [0.29, 0.717) is 17.8 Å². The molecule has 1 amide bonds. The van der Waals surface area contributed by atoms with E-state index in [9.17, 15) is 4.79 Å². The molecule has 2 fully saturated rings. The van der Waals surface area contributed by atoms with Crippen LogP contribution in [-0.2, 0) is 6.42 Å². The fraction of sp³-hybridized carbons (Fsp3) is 0.750. The standard InChI is InChI=1S/C16H26N4O/c1-4-14-12(3)15(18-17-14)16(21)19-9-13(10-19)20-8-6-5-7-11(20)2/h11,13H,4-10H2,1-3H3,(H,17,18)/t11-/m1/s1. The highest BCUT2D eigenvalue weighted by atomic mass is 16.2. The van der Waals surface area contributed by atoms with Gasteiger partial charge in [-0.25, -0.2) is 0 Å². The summed E-state index contributed by atoms with van der Waals surface area (Å²) < 4.78 is 0. The minimum Gasteiger partial charge on any atom is -0.334 e. The molecule has 0 aliphatic carbocycles. The highest BCUT2D eigenvalue weighted by molar-refractivity contribution is 5.94. The van der Waals surface area contributed by atoms with Gasteiger partial charge in [-0.1, -0.05) is 13.3 Å². The van der Waals surface area contributed by atoms with Crippen molar-refractivity contribution in [3.05, 3.63) is 17.0 Å². The van der Waals surface area contributed by atoms with Gasteiger partial charge in [0, 0.05) is 36.4 Å². The molecule has 0 radical (unpaired) electrons. The van der Waals surface area contributed by atoms with Crippen molar-refractivity contribution in [1.29, 1.82) is 0 Å². The fourth-order valence-corrected chi connectivity index (χ4v) is 3.63. The third-order valence-electron chi connectivity index (χ3n) is 5.14. The monoisotopic (exact) mass is 290 g/mol. The largest absolute Gasteiger partial charge is 0.334 e. The number of aryl methyl sites for hydroxylation is 1. The first-order valence-corrected chi connectivity index (χ1v) is 8.20. The first-order valence-electron chi connectivity index (χ1n) is 8.20. The lowest BCUT2D eigenvalue weighted by molar-refractivity contribution is 0.00177. The molecule has 5 nitrogen and oxygen atoms in total. The first-order chi connectivity index (χ1) is 10.1. The molecule has 0 bridgehead atoms. The Morgan fingerprint density at radius 1 is 1.38 bits per heavy atom. The molecule has 116 valence electrons. The number of nitrogens with one attached hydrogen (secondary N) is 1. The zero-order chi connectivity index (χ0) is 15.0. The van der Waals surface area contributed by atoms with Crippen LogP contribution in [0.1, 0.15) is 54.9 Å². The molecule has 3 rings (SSSR count). The highest BCUT2D eigenvalue weighted by Crippen LogP contribution is 2.25. The van der Waals surface area contributed by atoms with E-state index in [1.54, 1.807) is 0 Å². The lowest BCUT2D eigenvalue weighted by Gasteiger charge is -2.49. The molecule has 1 aromatic heterocycles. The van der Waals surface area contributed by atoms with Crippen LogP contribution >= 0.6 is 0 Å². The number of aromatic amines is 1. The molecule has 0 aromatic carbocycles. The van der Waals surface area contributed by atoms with Crippen LogP contribution in [0.25, 0.3) is 0 Å². The Kier molecular flexibility index (Phi) is 4.02. The summed E-state index contributed by atoms with van der Waals surface area (Å²) in [5, 5.41) is 7.19. The summed E-state index contributed by atoms with van der Waals surface area (Å²) in [6.07, 6.45) is 4.83. The maximum Gasteiger partial charge on any atom is 0.274 e. The third kappa shape index (κ3) is 2.59. The fourth-order valence-electron chi connectivity index (χ4n) is 3.63. The Morgan fingerprint density at radius 3 is 2.76 bits per heavy atom. The zero-order valence-corrected chi connectivity index (χ0v) is 13.4. The van der Waals surface area contributed by atoms with Gasteiger partial charge in [-0.15, -0.1) is 0 Å². The number of hydrogen-bond donors (Lipinski definition) is 1. The number of piperidine rings is 1. The molecule has 2 aliphatic rings. The number of carbonyl (C=O) groups is 1. The van der Waals surface area contributed by atoms with E-state index in [1.165, 1.54) is 25.8 Å². The Labute approximate surface area is 126 Å². The van der Waals surface area contributed by atoms with Crippen molar-refractivity contribution in [1.82, 2.24) is 20.0 Å². The van der Waals surface area contributed by atoms with Crippen molar-refractivity contribution in [2.75, 3.05) is 19.6 Å². The van der Waals surface area contributed by atoms with E-state index < -0.39 is 0 Å². The van der Waals surface area contributed by atoms with Gasteiger partial charge in [0.1, 0.15) is 0 Å². The molecule has 21 heavy (non-hydrogen) atoms. The second kappa shape index (κ2) is 5.79. The summed E-state index contributed by atoms with van der Waals surface area (Å²) in [5.74, 6) is 0.0874. The van der Waals surface area contributed by atoms with Crippen molar-refractivity contribution in [2.45, 2.75) is 58.5 Å². The van der Waals surface area contributed by atoms with Crippen molar-refractivity contribution in [2.24, 2.45) is 0 Å². The van der Waals surface area contributed by atoms with Crippen LogP contribution in [0.15, 0.2) is 0 Å². The van der Waals surface area contributed by atoms with E-state index in [0.717, 1.165) is 30.8 Å². The van der Waals surface area contributed by atoms with Crippen LogP contribution in [0.3, 0.4) is 0 Å². The summed E-state index contributed by atoms with van der Waals surface area (Å²) >= 11 is 0. The van der Waals surface area contributed by atoms with Gasteiger partial charge in [0.2, 0.25) is 0 Å². The van der Waals surface area contributed by atoms with Gasteiger partial charge in [-0.3, -0.25) is 14.8 Å². The molecule has 2 saturated heterocycles. The summed E-state index contributed by atoms with van der Waals surface area (Å²) in [6, 6.07) is 1.22. The minimum absolute atomic E-state index is 0.0874. The molecular weight excluding hydrogens is 264 g/mol. The SMILES string of the molecule is CCc1[nH]nc(C(=O)N2CC(N3CCCC[C@H]3C)C2)c1C. The van der Waals surface area contributed by atoms with Gasteiger partial charge in [-0.2, -0.15) is 5.10 Å². The van der Waals surface area contributed by atoms with E-state index >= 15 is 0 Å². The quantitative estimate of drug-likeness (QED) is 0.926. The second-order valence-electron chi connectivity index (χ2n) is 6.48. The topological polar surface area (TPSA) is 52.2 Å². The van der Waals surface area contributed by atoms with Crippen LogP contribution in [0.5, 0.6) is 0 Å². The second-order valence-corrected chi connectivity index (χ2v) is 6.48. The molecule has 0 saturated carbocycles. The molecule has 5 heteroatoms. The normalized spacial score (nSPS) is 24.1. The van der Waals surface area contributed by atoms with Crippen LogP contribution in [-0.4, -0.2) is 57.6 Å². The molecular formula is C16H26N4O. The lowest BCUT2D eigenvalue weighted by atomic mass is 9.97. The molecule has 2 aliphatic heterocycles. The molecule has 1 atom stereocenters. The van der Waals surface area contributed by atoms with Crippen molar-refractivity contribution in [3.8, 4) is 0 Å². The molecule has 0 unspecified atom stereocenters. The van der Waals surface area contributed by atoms with Gasteiger partial charge in [-0.05, 0) is 39.7 Å². The Morgan fingerprint density at radius 2 is 2.14 bits per heavy atom. The Hall–Kier alpha value is -1.36. The number of amides is 1. The Bertz CT molecular complexity index is 518. The molecule has 1 aromatic rings. The van der Waals surface area contributed by atoms with E-state index in [4.69, 9.17) is 0 Å². The first kappa shape index (κ1) is 14.6. The minimum atomic E-state index is 0.0874. The number of likely N-dealkylation sites (tertiary alicyclic amines) is 2. The van der Waals surface area contributed by atoms with E-state index in [2.05, 4.69) is 28.9 Å². The van der Waals surface area contributed by atoms with E-state index in [1.807, 2.05) is 11.8 Å². The lowest BCUT2D eigenvalue weighted by Crippen LogP contribution is -2.63. The predicted molar refractivity (Wildman–Crippen MR) is 82.4 cm³/mol. The number of nitrogens with zero attached hydrogens (tertiary/aromatic N) is 3. The summed E-state index contributed by atoms with van der Waals surface area (Å²) in [4.78, 5) is 17.0. The van der Waals surface area contributed by atoms with Crippen molar-refractivity contribution >= 4 is 5.91 Å². The molecule has 1 N–H and O–H groups in total. The third-order valence-corrected chi connectivity index (χ3v) is 5.14. The zero-order valence-electron chi connectivity index (χ0n) is 13.4. The number of carbonyl (C=O) groups excluding carboxylic acids is 1. The smallest absolute Gasteiger partial charge is 0.274 e. The van der Waals surface area contributed by atoms with E-state index in [-0.39, 0.29) is 5.91 Å². The predicted octanol–water partition coefficient (Wildman–Crippen LogP) is 1.98. The van der Waals surface area contributed by atoms with Gasteiger partial charge >= 0.3 is 0 Å². The van der Waals surface area contributed by atoms with Gasteiger partial charge < -0.3 is 4.90 Å². The summed E-state index contributed by atoms with van der Waals surface area (Å²) in [5.41, 5.74) is 2.69. The van der Waals surface area contributed by atoms with Gasteiger partial charge in [0.15, 0.2) is 5.69 Å².